The third-order valence-electron chi connectivity index (χ3n) is 7.66. The molecule has 0 aliphatic heterocycles. The number of hydrogen-bond donors (Lipinski definition) is 0. The SMILES string of the molecule is CC(C)(C)Cc1ccnc(-c2ccc3c(c2)c2c4sc5ccccc5c4cc4c5ccccc5n3c42)c1. The molecule has 4 aromatic carbocycles. The van der Waals surface area contributed by atoms with Crippen molar-refractivity contribution in [3.8, 4) is 11.3 Å². The van der Waals surface area contributed by atoms with Gasteiger partial charge in [-0.1, -0.05) is 63.2 Å². The first-order chi connectivity index (χ1) is 18.0. The minimum absolute atomic E-state index is 0.240. The van der Waals surface area contributed by atoms with Crippen LogP contribution in [0.1, 0.15) is 26.3 Å². The molecule has 0 amide bonds. The Kier molecular flexibility index (Phi) is 4.18. The average Bonchev–Trinajstić information content (AvgIpc) is 3.53. The van der Waals surface area contributed by atoms with Crippen LogP contribution in [0.5, 0.6) is 0 Å². The molecule has 37 heavy (non-hydrogen) atoms. The average molecular weight is 495 g/mol. The van der Waals surface area contributed by atoms with Crippen LogP contribution in [0.4, 0.5) is 0 Å². The summed E-state index contributed by atoms with van der Waals surface area (Å²) in [5.41, 5.74) is 7.68. The van der Waals surface area contributed by atoms with E-state index >= 15 is 0 Å². The van der Waals surface area contributed by atoms with E-state index in [1.807, 2.05) is 17.5 Å². The summed E-state index contributed by atoms with van der Waals surface area (Å²) in [7, 11) is 0. The molecule has 0 fully saturated rings. The van der Waals surface area contributed by atoms with Crippen LogP contribution in [0.3, 0.4) is 0 Å². The zero-order valence-electron chi connectivity index (χ0n) is 21.2. The first kappa shape index (κ1) is 21.2. The Morgan fingerprint density at radius 1 is 0.730 bits per heavy atom. The molecule has 0 aliphatic carbocycles. The molecule has 4 aromatic heterocycles. The Balaban J connectivity index is 1.50. The number of fused-ring (bicyclic) bond motifs is 10. The van der Waals surface area contributed by atoms with Gasteiger partial charge in [-0.2, -0.15) is 0 Å². The van der Waals surface area contributed by atoms with E-state index in [2.05, 4.69) is 110 Å². The molecule has 0 bridgehead atoms. The Labute approximate surface area is 219 Å². The highest BCUT2D eigenvalue weighted by molar-refractivity contribution is 7.26. The zero-order chi connectivity index (χ0) is 24.9. The van der Waals surface area contributed by atoms with Crippen molar-refractivity contribution in [3.63, 3.8) is 0 Å². The van der Waals surface area contributed by atoms with E-state index in [9.17, 15) is 0 Å². The van der Waals surface area contributed by atoms with Crippen molar-refractivity contribution in [2.75, 3.05) is 0 Å². The van der Waals surface area contributed by atoms with Crippen LogP contribution in [0.25, 0.3) is 69.5 Å². The van der Waals surface area contributed by atoms with Crippen LogP contribution in [-0.2, 0) is 6.42 Å². The number of benzene rings is 4. The van der Waals surface area contributed by atoms with Gasteiger partial charge in [0.2, 0.25) is 0 Å². The van der Waals surface area contributed by atoms with Gasteiger partial charge in [-0.3, -0.25) is 4.98 Å². The summed E-state index contributed by atoms with van der Waals surface area (Å²) in [4.78, 5) is 4.79. The van der Waals surface area contributed by atoms with Gasteiger partial charge in [0.25, 0.3) is 0 Å². The number of thiophene rings is 1. The van der Waals surface area contributed by atoms with Gasteiger partial charge in [-0.15, -0.1) is 11.3 Å². The normalized spacial score (nSPS) is 12.8. The van der Waals surface area contributed by atoms with Gasteiger partial charge in [0.1, 0.15) is 0 Å². The molecule has 2 nitrogen and oxygen atoms in total. The molecule has 4 heterocycles. The van der Waals surface area contributed by atoms with Gasteiger partial charge >= 0.3 is 0 Å². The van der Waals surface area contributed by atoms with Crippen molar-refractivity contribution in [1.82, 2.24) is 9.38 Å². The molecule has 0 atom stereocenters. The van der Waals surface area contributed by atoms with Gasteiger partial charge < -0.3 is 4.40 Å². The quantitative estimate of drug-likeness (QED) is 0.234. The Hall–Kier alpha value is -3.95. The second-order valence-electron chi connectivity index (χ2n) is 11.5. The second-order valence-corrected chi connectivity index (χ2v) is 12.5. The van der Waals surface area contributed by atoms with E-state index in [0.29, 0.717) is 0 Å². The largest absolute Gasteiger partial charge is 0.308 e. The number of nitrogens with zero attached hydrogens (tertiary/aromatic N) is 2. The van der Waals surface area contributed by atoms with E-state index in [0.717, 1.165) is 12.1 Å². The van der Waals surface area contributed by atoms with E-state index in [1.165, 1.54) is 69.4 Å². The lowest BCUT2D eigenvalue weighted by atomic mass is 9.88. The van der Waals surface area contributed by atoms with Gasteiger partial charge in [0.05, 0.1) is 22.2 Å². The van der Waals surface area contributed by atoms with Crippen LogP contribution in [0.2, 0.25) is 0 Å². The highest BCUT2D eigenvalue weighted by atomic mass is 32.1. The summed E-state index contributed by atoms with van der Waals surface area (Å²) in [6, 6.07) is 31.4. The van der Waals surface area contributed by atoms with E-state index < -0.39 is 0 Å². The maximum Gasteiger partial charge on any atom is 0.0704 e. The Bertz CT molecular complexity index is 2150. The number of aromatic nitrogens is 2. The molecule has 0 saturated heterocycles. The Morgan fingerprint density at radius 3 is 2.38 bits per heavy atom. The predicted molar refractivity (Wildman–Crippen MR) is 160 cm³/mol. The third kappa shape index (κ3) is 3.01. The minimum atomic E-state index is 0.240. The minimum Gasteiger partial charge on any atom is -0.308 e. The van der Waals surface area contributed by atoms with Crippen LogP contribution in [-0.4, -0.2) is 9.38 Å². The molecular weight excluding hydrogens is 468 g/mol. The van der Waals surface area contributed by atoms with Crippen molar-refractivity contribution in [2.24, 2.45) is 5.41 Å². The van der Waals surface area contributed by atoms with Gasteiger partial charge in [-0.25, -0.2) is 0 Å². The van der Waals surface area contributed by atoms with Crippen LogP contribution in [0, 0.1) is 5.41 Å². The summed E-state index contributed by atoms with van der Waals surface area (Å²) in [6.45, 7) is 6.87. The molecule has 0 unspecified atom stereocenters. The summed E-state index contributed by atoms with van der Waals surface area (Å²) < 4.78 is 5.20. The number of rotatable bonds is 2. The lowest BCUT2D eigenvalue weighted by Crippen LogP contribution is -2.09. The van der Waals surface area contributed by atoms with Crippen molar-refractivity contribution in [3.05, 3.63) is 96.7 Å². The lowest BCUT2D eigenvalue weighted by molar-refractivity contribution is 0.411. The maximum atomic E-state index is 4.79. The summed E-state index contributed by atoms with van der Waals surface area (Å²) in [5.74, 6) is 0. The fourth-order valence-electron chi connectivity index (χ4n) is 6.25. The van der Waals surface area contributed by atoms with E-state index in [-0.39, 0.29) is 5.41 Å². The molecule has 0 spiro atoms. The van der Waals surface area contributed by atoms with Gasteiger partial charge in [0, 0.05) is 53.5 Å². The third-order valence-corrected chi connectivity index (χ3v) is 8.87. The number of pyridine rings is 1. The summed E-state index contributed by atoms with van der Waals surface area (Å²) >= 11 is 1.92. The molecule has 0 saturated carbocycles. The molecule has 0 N–H and O–H groups in total. The molecule has 178 valence electrons. The molecular formula is C34H26N2S. The lowest BCUT2D eigenvalue weighted by Gasteiger charge is -2.18. The topological polar surface area (TPSA) is 17.3 Å². The smallest absolute Gasteiger partial charge is 0.0704 e. The molecule has 3 heteroatoms. The summed E-state index contributed by atoms with van der Waals surface area (Å²) in [6.07, 6.45) is 3.00. The monoisotopic (exact) mass is 494 g/mol. The van der Waals surface area contributed by atoms with Crippen molar-refractivity contribution < 1.29 is 0 Å². The van der Waals surface area contributed by atoms with Crippen LogP contribution >= 0.6 is 11.3 Å². The van der Waals surface area contributed by atoms with Crippen molar-refractivity contribution in [1.29, 1.82) is 0 Å². The van der Waals surface area contributed by atoms with E-state index in [1.54, 1.807) is 0 Å². The zero-order valence-corrected chi connectivity index (χ0v) is 22.0. The standard InChI is InChI=1S/C34H26N2S/c1-34(2,3)19-20-14-15-35-27(16-20)21-12-13-29-26(17-21)31-32-24(22-8-4-6-10-28(22)36(29)32)18-25-23-9-5-7-11-30(23)37-33(25)31/h4-18H,19H2,1-3H3. The first-order valence-corrected chi connectivity index (χ1v) is 13.8. The van der Waals surface area contributed by atoms with Crippen LogP contribution < -0.4 is 0 Å². The fourth-order valence-corrected chi connectivity index (χ4v) is 7.49. The maximum absolute atomic E-state index is 4.79. The highest BCUT2D eigenvalue weighted by Gasteiger charge is 2.22. The van der Waals surface area contributed by atoms with Gasteiger partial charge in [-0.05, 0) is 59.9 Å². The summed E-state index contributed by atoms with van der Waals surface area (Å²) in [5, 5.41) is 8.04. The first-order valence-electron chi connectivity index (χ1n) is 12.9. The molecule has 0 aliphatic rings. The van der Waals surface area contributed by atoms with Crippen molar-refractivity contribution >= 4 is 69.6 Å². The molecule has 8 aromatic rings. The van der Waals surface area contributed by atoms with E-state index in [4.69, 9.17) is 4.98 Å². The molecule has 8 rings (SSSR count). The second kappa shape index (κ2) is 7.30. The Morgan fingerprint density at radius 2 is 1.51 bits per heavy atom. The predicted octanol–water partition coefficient (Wildman–Crippen LogP) is 9.86. The van der Waals surface area contributed by atoms with Gasteiger partial charge in [0.15, 0.2) is 0 Å². The van der Waals surface area contributed by atoms with Crippen molar-refractivity contribution in [2.45, 2.75) is 27.2 Å². The highest BCUT2D eigenvalue weighted by Crippen LogP contribution is 2.47. The fraction of sp³-hybridized carbons (Fsp3) is 0.147. The molecule has 0 radical (unpaired) electrons. The number of para-hydroxylation sites is 1. The van der Waals surface area contributed by atoms with Crippen LogP contribution in [0.15, 0.2) is 91.1 Å². The number of hydrogen-bond acceptors (Lipinski definition) is 2.